The highest BCUT2D eigenvalue weighted by molar-refractivity contribution is 6.03. The molecule has 3 aromatic rings. The van der Waals surface area contributed by atoms with Gasteiger partial charge in [-0.25, -0.2) is 9.78 Å². The Morgan fingerprint density at radius 2 is 1.76 bits per heavy atom. The second kappa shape index (κ2) is 4.90. The molecule has 0 radical (unpaired) electrons. The van der Waals surface area contributed by atoms with Crippen molar-refractivity contribution in [2.75, 3.05) is 0 Å². The summed E-state index contributed by atoms with van der Waals surface area (Å²) in [5.74, 6) is -0.818. The third kappa shape index (κ3) is 2.43. The van der Waals surface area contributed by atoms with E-state index in [1.54, 1.807) is 30.3 Å². The molecule has 0 unspecified atom stereocenters. The second-order valence-corrected chi connectivity index (χ2v) is 4.93. The van der Waals surface area contributed by atoms with Crippen LogP contribution in [0.4, 0.5) is 0 Å². The van der Waals surface area contributed by atoms with Crippen LogP contribution in [0.1, 0.15) is 15.9 Å². The summed E-state index contributed by atoms with van der Waals surface area (Å²) in [5, 5.41) is 19.4. The summed E-state index contributed by atoms with van der Waals surface area (Å²) in [7, 11) is 0. The van der Waals surface area contributed by atoms with Crippen molar-refractivity contribution in [1.29, 1.82) is 0 Å². The van der Waals surface area contributed by atoms with Gasteiger partial charge in [0.1, 0.15) is 5.75 Å². The van der Waals surface area contributed by atoms with E-state index in [0.29, 0.717) is 16.6 Å². The van der Waals surface area contributed by atoms with Crippen molar-refractivity contribution in [2.24, 2.45) is 0 Å². The summed E-state index contributed by atoms with van der Waals surface area (Å²) < 4.78 is 0. The molecule has 0 aliphatic heterocycles. The summed E-state index contributed by atoms with van der Waals surface area (Å²) in [5.41, 5.74) is 3.20. The molecule has 0 bridgehead atoms. The van der Waals surface area contributed by atoms with Gasteiger partial charge in [-0.1, -0.05) is 11.6 Å². The lowest BCUT2D eigenvalue weighted by atomic mass is 10.0. The Morgan fingerprint density at radius 1 is 1.05 bits per heavy atom. The van der Waals surface area contributed by atoms with Crippen molar-refractivity contribution in [3.05, 3.63) is 59.7 Å². The first-order chi connectivity index (χ1) is 10.0. The van der Waals surface area contributed by atoms with Gasteiger partial charge < -0.3 is 10.2 Å². The number of aromatic hydroxyl groups is 1. The molecular formula is C17H13NO3. The van der Waals surface area contributed by atoms with Gasteiger partial charge in [0.25, 0.3) is 0 Å². The van der Waals surface area contributed by atoms with Crippen LogP contribution >= 0.6 is 0 Å². The lowest BCUT2D eigenvalue weighted by Crippen LogP contribution is -2.00. The average molecular weight is 279 g/mol. The molecule has 1 aromatic heterocycles. The topological polar surface area (TPSA) is 70.4 Å². The molecular weight excluding hydrogens is 266 g/mol. The Hall–Kier alpha value is -2.88. The molecule has 2 aromatic carbocycles. The van der Waals surface area contributed by atoms with Crippen molar-refractivity contribution in [2.45, 2.75) is 6.92 Å². The van der Waals surface area contributed by atoms with Gasteiger partial charge in [-0.15, -0.1) is 0 Å². The first kappa shape index (κ1) is 13.1. The Bertz CT molecular complexity index is 839. The van der Waals surface area contributed by atoms with Gasteiger partial charge in [0, 0.05) is 10.9 Å². The van der Waals surface area contributed by atoms with E-state index in [4.69, 9.17) is 0 Å². The van der Waals surface area contributed by atoms with Crippen molar-refractivity contribution < 1.29 is 15.0 Å². The smallest absolute Gasteiger partial charge is 0.336 e. The van der Waals surface area contributed by atoms with Gasteiger partial charge in [0.15, 0.2) is 0 Å². The number of hydrogen-bond acceptors (Lipinski definition) is 3. The summed E-state index contributed by atoms with van der Waals surface area (Å²) >= 11 is 0. The lowest BCUT2D eigenvalue weighted by Gasteiger charge is -2.08. The first-order valence-electron chi connectivity index (χ1n) is 6.49. The molecule has 0 saturated heterocycles. The number of carboxylic acids is 1. The van der Waals surface area contributed by atoms with E-state index in [1.807, 2.05) is 25.1 Å². The van der Waals surface area contributed by atoms with Gasteiger partial charge in [0.2, 0.25) is 0 Å². The zero-order valence-electron chi connectivity index (χ0n) is 11.4. The fourth-order valence-corrected chi connectivity index (χ4v) is 2.30. The van der Waals surface area contributed by atoms with Crippen molar-refractivity contribution in [1.82, 2.24) is 4.98 Å². The maximum absolute atomic E-state index is 11.5. The molecule has 1 heterocycles. The van der Waals surface area contributed by atoms with E-state index in [2.05, 4.69) is 4.98 Å². The fourth-order valence-electron chi connectivity index (χ4n) is 2.30. The number of aromatic carboxylic acids is 1. The highest BCUT2D eigenvalue weighted by Gasteiger charge is 2.13. The molecule has 3 rings (SSSR count). The Kier molecular flexibility index (Phi) is 3.06. The molecule has 0 fully saturated rings. The van der Waals surface area contributed by atoms with Crippen molar-refractivity contribution >= 4 is 16.9 Å². The van der Waals surface area contributed by atoms with E-state index in [9.17, 15) is 15.0 Å². The van der Waals surface area contributed by atoms with Crippen LogP contribution in [0.3, 0.4) is 0 Å². The lowest BCUT2D eigenvalue weighted by molar-refractivity contribution is 0.0699. The van der Waals surface area contributed by atoms with Gasteiger partial charge in [0.05, 0.1) is 16.8 Å². The number of phenolic OH excluding ortho intramolecular Hbond substituents is 1. The molecule has 0 amide bonds. The molecule has 4 heteroatoms. The second-order valence-electron chi connectivity index (χ2n) is 4.93. The molecule has 0 spiro atoms. The number of phenols is 1. The third-order valence-electron chi connectivity index (χ3n) is 3.36. The number of rotatable bonds is 2. The standard InChI is InChI=1S/C17H13NO3/c1-10-2-7-15-13(8-10)14(17(20)21)9-16(18-15)11-3-5-12(19)6-4-11/h2-9,19H,1H3,(H,20,21). The van der Waals surface area contributed by atoms with Crippen LogP contribution in [0, 0.1) is 6.92 Å². The maximum Gasteiger partial charge on any atom is 0.336 e. The predicted molar refractivity (Wildman–Crippen MR) is 80.5 cm³/mol. The van der Waals surface area contributed by atoms with E-state index in [0.717, 1.165) is 11.1 Å². The summed E-state index contributed by atoms with van der Waals surface area (Å²) in [6, 6.07) is 13.6. The van der Waals surface area contributed by atoms with Gasteiger partial charge in [-0.05, 0) is 49.4 Å². The summed E-state index contributed by atoms with van der Waals surface area (Å²) in [6.45, 7) is 1.92. The molecule has 2 N–H and O–H groups in total. The highest BCUT2D eigenvalue weighted by atomic mass is 16.4. The number of aryl methyl sites for hydroxylation is 1. The normalized spacial score (nSPS) is 10.7. The van der Waals surface area contributed by atoms with E-state index in [1.165, 1.54) is 0 Å². The fraction of sp³-hybridized carbons (Fsp3) is 0.0588. The first-order valence-corrected chi connectivity index (χ1v) is 6.49. The molecule has 4 nitrogen and oxygen atoms in total. The SMILES string of the molecule is Cc1ccc2nc(-c3ccc(O)cc3)cc(C(=O)O)c2c1. The zero-order valence-corrected chi connectivity index (χ0v) is 11.4. The molecule has 0 saturated carbocycles. The monoisotopic (exact) mass is 279 g/mol. The zero-order chi connectivity index (χ0) is 15.0. The van der Waals surface area contributed by atoms with E-state index >= 15 is 0 Å². The van der Waals surface area contributed by atoms with E-state index < -0.39 is 5.97 Å². The summed E-state index contributed by atoms with van der Waals surface area (Å²) in [4.78, 5) is 16.0. The number of fused-ring (bicyclic) bond motifs is 1. The minimum Gasteiger partial charge on any atom is -0.508 e. The van der Waals surface area contributed by atoms with Crippen LogP contribution in [0.25, 0.3) is 22.2 Å². The average Bonchev–Trinajstić information content (AvgIpc) is 2.46. The van der Waals surface area contributed by atoms with Crippen LogP contribution in [0.15, 0.2) is 48.5 Å². The van der Waals surface area contributed by atoms with Crippen LogP contribution in [-0.2, 0) is 0 Å². The van der Waals surface area contributed by atoms with Gasteiger partial charge >= 0.3 is 5.97 Å². The Morgan fingerprint density at radius 3 is 2.43 bits per heavy atom. The largest absolute Gasteiger partial charge is 0.508 e. The van der Waals surface area contributed by atoms with Crippen LogP contribution in [0.2, 0.25) is 0 Å². The quantitative estimate of drug-likeness (QED) is 0.751. The van der Waals surface area contributed by atoms with Gasteiger partial charge in [-0.2, -0.15) is 0 Å². The number of benzene rings is 2. The van der Waals surface area contributed by atoms with Crippen molar-refractivity contribution in [3.63, 3.8) is 0 Å². The predicted octanol–water partition coefficient (Wildman–Crippen LogP) is 3.61. The number of carboxylic acid groups (broad SMARTS) is 1. The number of nitrogens with zero attached hydrogens (tertiary/aromatic N) is 1. The van der Waals surface area contributed by atoms with Crippen LogP contribution in [0.5, 0.6) is 5.75 Å². The summed E-state index contributed by atoms with van der Waals surface area (Å²) in [6.07, 6.45) is 0. The molecule has 0 atom stereocenters. The van der Waals surface area contributed by atoms with Gasteiger partial charge in [-0.3, -0.25) is 0 Å². The third-order valence-corrected chi connectivity index (χ3v) is 3.36. The number of hydrogen-bond donors (Lipinski definition) is 2. The Balaban J connectivity index is 2.28. The van der Waals surface area contributed by atoms with E-state index in [-0.39, 0.29) is 11.3 Å². The minimum absolute atomic E-state index is 0.161. The Labute approximate surface area is 121 Å². The molecule has 104 valence electrons. The number of pyridine rings is 1. The van der Waals surface area contributed by atoms with Crippen molar-refractivity contribution in [3.8, 4) is 17.0 Å². The maximum atomic E-state index is 11.5. The molecule has 0 aliphatic carbocycles. The molecule has 21 heavy (non-hydrogen) atoms. The number of aromatic nitrogens is 1. The molecule has 0 aliphatic rings. The van der Waals surface area contributed by atoms with Crippen LogP contribution in [-0.4, -0.2) is 21.2 Å². The highest BCUT2D eigenvalue weighted by Crippen LogP contribution is 2.26. The van der Waals surface area contributed by atoms with Crippen LogP contribution < -0.4 is 0 Å². The minimum atomic E-state index is -0.979. The number of carbonyl (C=O) groups is 1.